The van der Waals surface area contributed by atoms with Gasteiger partial charge in [-0.15, -0.1) is 11.3 Å². The Balaban J connectivity index is 1.72. The number of carbonyl (C=O) groups is 1. The van der Waals surface area contributed by atoms with Crippen LogP contribution in [0.25, 0.3) is 0 Å². The van der Waals surface area contributed by atoms with Crippen LogP contribution < -0.4 is 10.1 Å². The molecule has 6 nitrogen and oxygen atoms in total. The van der Waals surface area contributed by atoms with Gasteiger partial charge in [0, 0.05) is 18.0 Å². The fraction of sp³-hybridized carbons (Fsp3) is 0.500. The van der Waals surface area contributed by atoms with Crippen molar-refractivity contribution in [2.75, 3.05) is 20.2 Å². The standard InChI is InChI=1S/C22H30N2O4S2/c1-15(2)21(17-8-10-19(28-4)11-9-17)23-22(25)18-6-5-13-24(14-18)30(26,27)20-12-7-16(3)29-20/h7-12,15,18,21H,5-6,13-14H2,1-4H3,(H,23,25). The van der Waals surface area contributed by atoms with Gasteiger partial charge in [-0.1, -0.05) is 26.0 Å². The van der Waals surface area contributed by atoms with E-state index in [4.69, 9.17) is 4.74 Å². The van der Waals surface area contributed by atoms with Crippen LogP contribution in [0.5, 0.6) is 5.75 Å². The monoisotopic (exact) mass is 450 g/mol. The second-order valence-electron chi connectivity index (χ2n) is 8.07. The molecule has 1 aliphatic rings. The highest BCUT2D eigenvalue weighted by molar-refractivity contribution is 7.91. The van der Waals surface area contributed by atoms with Crippen LogP contribution in [0.1, 0.15) is 43.2 Å². The summed E-state index contributed by atoms with van der Waals surface area (Å²) in [4.78, 5) is 14.0. The average Bonchev–Trinajstić information content (AvgIpc) is 3.19. The molecule has 1 amide bonds. The molecule has 8 heteroatoms. The number of thiophene rings is 1. The first-order valence-corrected chi connectivity index (χ1v) is 12.5. The van der Waals surface area contributed by atoms with Crippen molar-refractivity contribution >= 4 is 27.3 Å². The van der Waals surface area contributed by atoms with Crippen molar-refractivity contribution < 1.29 is 17.9 Å². The molecular weight excluding hydrogens is 420 g/mol. The van der Waals surface area contributed by atoms with Crippen LogP contribution in [0.2, 0.25) is 0 Å². The summed E-state index contributed by atoms with van der Waals surface area (Å²) in [5.74, 6) is 0.519. The Morgan fingerprint density at radius 2 is 1.90 bits per heavy atom. The van der Waals surface area contributed by atoms with Gasteiger partial charge in [0.25, 0.3) is 10.0 Å². The van der Waals surface area contributed by atoms with Crippen molar-refractivity contribution in [3.8, 4) is 5.75 Å². The fourth-order valence-corrected chi connectivity index (χ4v) is 6.73. The summed E-state index contributed by atoms with van der Waals surface area (Å²) in [5.41, 5.74) is 1.01. The zero-order valence-electron chi connectivity index (χ0n) is 17.9. The molecule has 1 N–H and O–H groups in total. The van der Waals surface area contributed by atoms with Crippen molar-refractivity contribution in [3.63, 3.8) is 0 Å². The van der Waals surface area contributed by atoms with E-state index in [0.29, 0.717) is 23.6 Å². The maximum Gasteiger partial charge on any atom is 0.252 e. The number of carbonyl (C=O) groups excluding carboxylic acids is 1. The van der Waals surface area contributed by atoms with Crippen LogP contribution in [0.4, 0.5) is 0 Å². The van der Waals surface area contributed by atoms with Gasteiger partial charge >= 0.3 is 0 Å². The fourth-order valence-electron chi connectivity index (χ4n) is 3.77. The average molecular weight is 451 g/mol. The number of piperidine rings is 1. The van der Waals surface area contributed by atoms with Gasteiger partial charge in [-0.2, -0.15) is 4.31 Å². The number of hydrogen-bond donors (Lipinski definition) is 1. The van der Waals surface area contributed by atoms with E-state index < -0.39 is 10.0 Å². The topological polar surface area (TPSA) is 75.7 Å². The normalized spacial score (nSPS) is 18.9. The summed E-state index contributed by atoms with van der Waals surface area (Å²) in [5, 5.41) is 3.16. The smallest absolute Gasteiger partial charge is 0.252 e. The zero-order valence-corrected chi connectivity index (χ0v) is 19.6. The van der Waals surface area contributed by atoms with E-state index in [0.717, 1.165) is 16.2 Å². The third kappa shape index (κ3) is 5.04. The first kappa shape index (κ1) is 22.8. The number of ether oxygens (including phenoxy) is 1. The molecule has 1 aromatic heterocycles. The molecule has 1 aromatic carbocycles. The van der Waals surface area contributed by atoms with Crippen molar-refractivity contribution in [1.29, 1.82) is 0 Å². The van der Waals surface area contributed by atoms with Gasteiger partial charge in [0.2, 0.25) is 5.91 Å². The summed E-state index contributed by atoms with van der Waals surface area (Å²) in [6, 6.07) is 11.0. The van der Waals surface area contributed by atoms with E-state index >= 15 is 0 Å². The maximum atomic E-state index is 13.1. The molecule has 1 aliphatic heterocycles. The lowest BCUT2D eigenvalue weighted by Crippen LogP contribution is -2.46. The second-order valence-corrected chi connectivity index (χ2v) is 11.5. The summed E-state index contributed by atoms with van der Waals surface area (Å²) in [6.07, 6.45) is 1.37. The van der Waals surface area contributed by atoms with Crippen molar-refractivity contribution in [3.05, 3.63) is 46.8 Å². The quantitative estimate of drug-likeness (QED) is 0.692. The highest BCUT2D eigenvalue weighted by atomic mass is 32.2. The molecule has 30 heavy (non-hydrogen) atoms. The minimum atomic E-state index is -3.55. The van der Waals surface area contributed by atoms with Gasteiger partial charge in [0.1, 0.15) is 9.96 Å². The molecule has 0 spiro atoms. The third-order valence-electron chi connectivity index (χ3n) is 5.50. The van der Waals surface area contributed by atoms with Crippen molar-refractivity contribution in [2.45, 2.75) is 43.9 Å². The number of nitrogens with one attached hydrogen (secondary N) is 1. The molecule has 3 rings (SSSR count). The van der Waals surface area contributed by atoms with Gasteiger partial charge in [0.15, 0.2) is 0 Å². The van der Waals surface area contributed by atoms with E-state index in [1.165, 1.54) is 15.6 Å². The van der Waals surface area contributed by atoms with E-state index in [-0.39, 0.29) is 30.3 Å². The Kier molecular flexibility index (Phi) is 7.21. The highest BCUT2D eigenvalue weighted by Gasteiger charge is 2.35. The van der Waals surface area contributed by atoms with E-state index in [1.54, 1.807) is 13.2 Å². The zero-order chi connectivity index (χ0) is 21.9. The molecular formula is C22H30N2O4S2. The Hall–Kier alpha value is -1.90. The Bertz CT molecular complexity index is 967. The number of benzene rings is 1. The predicted molar refractivity (Wildman–Crippen MR) is 119 cm³/mol. The Morgan fingerprint density at radius 3 is 2.47 bits per heavy atom. The number of aryl methyl sites for hydroxylation is 1. The molecule has 164 valence electrons. The highest BCUT2D eigenvalue weighted by Crippen LogP contribution is 2.29. The summed E-state index contributed by atoms with van der Waals surface area (Å²) in [7, 11) is -1.93. The molecule has 0 radical (unpaired) electrons. The minimum absolute atomic E-state index is 0.0909. The molecule has 0 saturated carbocycles. The lowest BCUT2D eigenvalue weighted by molar-refractivity contribution is -0.127. The molecule has 2 heterocycles. The largest absolute Gasteiger partial charge is 0.497 e. The third-order valence-corrected chi connectivity index (χ3v) is 8.84. The lowest BCUT2D eigenvalue weighted by Gasteiger charge is -2.32. The summed E-state index contributed by atoms with van der Waals surface area (Å²) >= 11 is 1.27. The van der Waals surface area contributed by atoms with E-state index in [1.807, 2.05) is 37.3 Å². The molecule has 1 fully saturated rings. The molecule has 2 atom stereocenters. The number of amides is 1. The lowest BCUT2D eigenvalue weighted by atomic mass is 9.93. The molecule has 0 bridgehead atoms. The number of methoxy groups -OCH3 is 1. The van der Waals surface area contributed by atoms with E-state index in [2.05, 4.69) is 19.2 Å². The van der Waals surface area contributed by atoms with Crippen molar-refractivity contribution in [2.24, 2.45) is 11.8 Å². The van der Waals surface area contributed by atoms with Crippen LogP contribution in [-0.4, -0.2) is 38.8 Å². The predicted octanol–water partition coefficient (Wildman–Crippen LogP) is 3.98. The molecule has 0 aliphatic carbocycles. The Labute approximate surface area is 183 Å². The van der Waals surface area contributed by atoms with Gasteiger partial charge in [-0.25, -0.2) is 8.42 Å². The summed E-state index contributed by atoms with van der Waals surface area (Å²) < 4.78 is 33.0. The SMILES string of the molecule is COc1ccc(C(NC(=O)C2CCCN(S(=O)(=O)c3ccc(C)s3)C2)C(C)C)cc1. The summed E-state index contributed by atoms with van der Waals surface area (Å²) in [6.45, 7) is 6.69. The van der Waals surface area contributed by atoms with Crippen LogP contribution >= 0.6 is 11.3 Å². The first-order valence-electron chi connectivity index (χ1n) is 10.2. The minimum Gasteiger partial charge on any atom is -0.497 e. The maximum absolute atomic E-state index is 13.1. The van der Waals surface area contributed by atoms with Gasteiger partial charge in [0.05, 0.1) is 19.1 Å². The van der Waals surface area contributed by atoms with Crippen LogP contribution in [0.15, 0.2) is 40.6 Å². The van der Waals surface area contributed by atoms with Crippen LogP contribution in [0, 0.1) is 18.8 Å². The van der Waals surface area contributed by atoms with Crippen LogP contribution in [0.3, 0.4) is 0 Å². The molecule has 2 unspecified atom stereocenters. The van der Waals surface area contributed by atoms with Gasteiger partial charge in [-0.3, -0.25) is 4.79 Å². The number of nitrogens with zero attached hydrogens (tertiary/aromatic N) is 1. The number of hydrogen-bond acceptors (Lipinski definition) is 5. The second kappa shape index (κ2) is 9.49. The number of sulfonamides is 1. The molecule has 1 saturated heterocycles. The number of rotatable bonds is 7. The van der Waals surface area contributed by atoms with E-state index in [9.17, 15) is 13.2 Å². The Morgan fingerprint density at radius 1 is 1.20 bits per heavy atom. The van der Waals surface area contributed by atoms with Gasteiger partial charge in [-0.05, 0) is 55.5 Å². The van der Waals surface area contributed by atoms with Crippen molar-refractivity contribution in [1.82, 2.24) is 9.62 Å². The molecule has 2 aromatic rings. The van der Waals surface area contributed by atoms with Crippen LogP contribution in [-0.2, 0) is 14.8 Å². The van der Waals surface area contributed by atoms with Gasteiger partial charge < -0.3 is 10.1 Å². The first-order chi connectivity index (χ1) is 14.2.